The number of rotatable bonds is 15. The predicted molar refractivity (Wildman–Crippen MR) is 195 cm³/mol. The van der Waals surface area contributed by atoms with Crippen LogP contribution < -0.4 is 10.6 Å². The molecule has 2 unspecified atom stereocenters. The van der Waals surface area contributed by atoms with Crippen molar-refractivity contribution in [2.24, 2.45) is 11.8 Å². The second-order valence-corrected chi connectivity index (χ2v) is 14.7. The monoisotopic (exact) mass is 715 g/mol. The SMILES string of the molecule is O=C(N[C@@H](Cc1c[nH]cn1)C(=O)N[C@@H](CC1CCCCC1)C(O)C(=O)OC1CCCC1)C(CC(=O)N1CCOCC1)Cc1cccc2ccccc12. The number of morpholine rings is 1. The number of carbonyl (C=O) groups is 4. The van der Waals surface area contributed by atoms with Crippen molar-refractivity contribution < 1.29 is 33.8 Å². The Morgan fingerprint density at radius 2 is 1.63 bits per heavy atom. The van der Waals surface area contributed by atoms with Crippen molar-refractivity contribution in [1.29, 1.82) is 0 Å². The molecule has 0 bridgehead atoms. The van der Waals surface area contributed by atoms with Crippen LogP contribution in [0.3, 0.4) is 0 Å². The molecular formula is C40H53N5O7. The molecule has 1 saturated heterocycles. The minimum absolute atomic E-state index is 0.0399. The second kappa shape index (κ2) is 18.5. The summed E-state index contributed by atoms with van der Waals surface area (Å²) >= 11 is 0. The van der Waals surface area contributed by atoms with E-state index >= 15 is 0 Å². The van der Waals surface area contributed by atoms with Gasteiger partial charge in [0.05, 0.1) is 37.2 Å². The summed E-state index contributed by atoms with van der Waals surface area (Å²) in [6.07, 6.45) is 10.8. The Labute approximate surface area is 305 Å². The van der Waals surface area contributed by atoms with Crippen molar-refractivity contribution in [3.63, 3.8) is 0 Å². The number of amides is 3. The number of benzene rings is 2. The average molecular weight is 716 g/mol. The average Bonchev–Trinajstić information content (AvgIpc) is 3.89. The molecule has 3 aliphatic rings. The number of H-pyrrole nitrogens is 1. The van der Waals surface area contributed by atoms with Gasteiger partial charge in [0.1, 0.15) is 12.1 Å². The number of ether oxygens (including phenoxy) is 2. The Kier molecular flexibility index (Phi) is 13.3. The number of fused-ring (bicyclic) bond motifs is 1. The molecule has 0 radical (unpaired) electrons. The Hall–Kier alpha value is -4.29. The van der Waals surface area contributed by atoms with Crippen molar-refractivity contribution >= 4 is 34.5 Å². The summed E-state index contributed by atoms with van der Waals surface area (Å²) in [7, 11) is 0. The van der Waals surface area contributed by atoms with Gasteiger partial charge in [-0.05, 0) is 60.8 Å². The Morgan fingerprint density at radius 1 is 0.904 bits per heavy atom. The molecule has 1 aliphatic heterocycles. The molecule has 52 heavy (non-hydrogen) atoms. The molecule has 2 heterocycles. The lowest BCUT2D eigenvalue weighted by molar-refractivity contribution is -0.161. The number of carbonyl (C=O) groups excluding carboxylic acids is 4. The number of aliphatic hydroxyl groups is 1. The minimum atomic E-state index is -1.54. The lowest BCUT2D eigenvalue weighted by Crippen LogP contribution is -2.56. The van der Waals surface area contributed by atoms with Gasteiger partial charge in [-0.2, -0.15) is 0 Å². The van der Waals surface area contributed by atoms with Crippen molar-refractivity contribution in [3.8, 4) is 0 Å². The predicted octanol–water partition coefficient (Wildman–Crippen LogP) is 4.00. The fraction of sp³-hybridized carbons (Fsp3) is 0.575. The van der Waals surface area contributed by atoms with Gasteiger partial charge in [0, 0.05) is 32.1 Å². The lowest BCUT2D eigenvalue weighted by Gasteiger charge is -2.31. The molecule has 12 heteroatoms. The maximum absolute atomic E-state index is 14.3. The first-order valence-corrected chi connectivity index (χ1v) is 19.1. The van der Waals surface area contributed by atoms with Crippen LogP contribution in [0.5, 0.6) is 0 Å². The highest BCUT2D eigenvalue weighted by molar-refractivity contribution is 5.92. The van der Waals surface area contributed by atoms with Gasteiger partial charge < -0.3 is 35.1 Å². The number of hydrogen-bond donors (Lipinski definition) is 4. The number of aliphatic hydroxyl groups excluding tert-OH is 1. The molecule has 3 amide bonds. The van der Waals surface area contributed by atoms with Crippen LogP contribution in [0.2, 0.25) is 0 Å². The molecule has 3 aromatic rings. The lowest BCUT2D eigenvalue weighted by atomic mass is 9.83. The third-order valence-electron chi connectivity index (χ3n) is 11.0. The van der Waals surface area contributed by atoms with Gasteiger partial charge in [-0.1, -0.05) is 74.6 Å². The first-order valence-electron chi connectivity index (χ1n) is 19.1. The molecule has 4 N–H and O–H groups in total. The van der Waals surface area contributed by atoms with Gasteiger partial charge in [0.15, 0.2) is 6.10 Å². The number of nitrogens with one attached hydrogen (secondary N) is 3. The third kappa shape index (κ3) is 10.2. The molecule has 2 saturated carbocycles. The number of hydrogen-bond acceptors (Lipinski definition) is 8. The largest absolute Gasteiger partial charge is 0.460 e. The zero-order chi connectivity index (χ0) is 36.3. The van der Waals surface area contributed by atoms with E-state index < -0.39 is 41.9 Å². The van der Waals surface area contributed by atoms with Crippen molar-refractivity contribution in [2.75, 3.05) is 26.3 Å². The van der Waals surface area contributed by atoms with Crippen LogP contribution in [-0.2, 0) is 41.5 Å². The highest BCUT2D eigenvalue weighted by Crippen LogP contribution is 2.29. The first-order chi connectivity index (χ1) is 25.3. The second-order valence-electron chi connectivity index (χ2n) is 14.7. The molecule has 12 nitrogen and oxygen atoms in total. The molecule has 6 rings (SSSR count). The standard InChI is InChI=1S/C40H53N5O7/c46-36(45-17-19-51-20-18-45)23-30(22-29-13-8-12-28-11-4-7-16-33(28)29)38(48)44-35(24-31-25-41-26-42-31)39(49)43-34(21-27-9-2-1-3-10-27)37(47)40(50)52-32-14-5-6-15-32/h4,7-8,11-13,16,25-27,30,32,34-35,37,47H,1-3,5-6,9-10,14-15,17-24H2,(H,41,42)(H,43,49)(H,44,48)/t30?,34-,35-,37?/m0/s1. The zero-order valence-corrected chi connectivity index (χ0v) is 30.0. The molecule has 2 aromatic carbocycles. The van der Waals surface area contributed by atoms with Crippen LogP contribution in [0.15, 0.2) is 55.0 Å². The summed E-state index contributed by atoms with van der Waals surface area (Å²) in [5.41, 5.74) is 1.48. The summed E-state index contributed by atoms with van der Waals surface area (Å²) in [5.74, 6) is -2.38. The number of aromatic nitrogens is 2. The molecule has 2 aliphatic carbocycles. The van der Waals surface area contributed by atoms with Crippen molar-refractivity contribution in [3.05, 3.63) is 66.2 Å². The first kappa shape index (κ1) is 37.5. The van der Waals surface area contributed by atoms with Gasteiger partial charge in [0.25, 0.3) is 0 Å². The molecule has 280 valence electrons. The Bertz CT molecular complexity index is 1620. The van der Waals surface area contributed by atoms with Gasteiger partial charge in [-0.15, -0.1) is 0 Å². The molecule has 1 aromatic heterocycles. The zero-order valence-electron chi connectivity index (χ0n) is 30.0. The van der Waals surface area contributed by atoms with Gasteiger partial charge >= 0.3 is 5.97 Å². The van der Waals surface area contributed by atoms with Gasteiger partial charge in [-0.3, -0.25) is 14.4 Å². The number of aromatic amines is 1. The maximum Gasteiger partial charge on any atom is 0.337 e. The normalized spacial score (nSPS) is 19.4. The number of esters is 1. The number of imidazole rings is 1. The Balaban J connectivity index is 1.23. The summed E-state index contributed by atoms with van der Waals surface area (Å²) in [4.78, 5) is 64.3. The minimum Gasteiger partial charge on any atom is -0.460 e. The quantitative estimate of drug-likeness (QED) is 0.172. The fourth-order valence-corrected chi connectivity index (χ4v) is 7.99. The summed E-state index contributed by atoms with van der Waals surface area (Å²) in [5, 5.41) is 19.3. The van der Waals surface area contributed by atoms with Gasteiger partial charge in [0.2, 0.25) is 17.7 Å². The van der Waals surface area contributed by atoms with Crippen LogP contribution in [0.4, 0.5) is 0 Å². The molecule has 4 atom stereocenters. The smallest absolute Gasteiger partial charge is 0.337 e. The van der Waals surface area contributed by atoms with E-state index in [2.05, 4.69) is 20.6 Å². The van der Waals surface area contributed by atoms with E-state index in [9.17, 15) is 24.3 Å². The van der Waals surface area contributed by atoms with E-state index in [1.165, 1.54) is 6.33 Å². The maximum atomic E-state index is 14.3. The van der Waals surface area contributed by atoms with Crippen LogP contribution >= 0.6 is 0 Å². The molecular weight excluding hydrogens is 662 g/mol. The number of nitrogens with zero attached hydrogens (tertiary/aromatic N) is 2. The highest BCUT2D eigenvalue weighted by Gasteiger charge is 2.36. The molecule has 3 fully saturated rings. The van der Waals surface area contributed by atoms with Crippen molar-refractivity contribution in [1.82, 2.24) is 25.5 Å². The van der Waals surface area contributed by atoms with E-state index in [1.807, 2.05) is 42.5 Å². The van der Waals surface area contributed by atoms with E-state index in [-0.39, 0.29) is 37.2 Å². The Morgan fingerprint density at radius 3 is 2.38 bits per heavy atom. The third-order valence-corrected chi connectivity index (χ3v) is 11.0. The topological polar surface area (TPSA) is 163 Å². The van der Waals surface area contributed by atoms with Crippen LogP contribution in [0.25, 0.3) is 10.8 Å². The van der Waals surface area contributed by atoms with E-state index in [0.717, 1.165) is 74.1 Å². The molecule has 0 spiro atoms. The summed E-state index contributed by atoms with van der Waals surface area (Å²) in [6, 6.07) is 11.9. The highest BCUT2D eigenvalue weighted by atomic mass is 16.6. The van der Waals surface area contributed by atoms with Gasteiger partial charge in [-0.25, -0.2) is 9.78 Å². The summed E-state index contributed by atoms with van der Waals surface area (Å²) in [6.45, 7) is 1.80. The van der Waals surface area contributed by atoms with E-state index in [1.54, 1.807) is 11.1 Å². The van der Waals surface area contributed by atoms with Crippen LogP contribution in [0, 0.1) is 11.8 Å². The van der Waals surface area contributed by atoms with E-state index in [0.29, 0.717) is 38.4 Å². The van der Waals surface area contributed by atoms with Crippen LogP contribution in [0.1, 0.15) is 81.9 Å². The van der Waals surface area contributed by atoms with Crippen molar-refractivity contribution in [2.45, 2.75) is 108 Å². The van der Waals surface area contributed by atoms with E-state index in [4.69, 9.17) is 9.47 Å². The summed E-state index contributed by atoms with van der Waals surface area (Å²) < 4.78 is 11.1. The van der Waals surface area contributed by atoms with Crippen LogP contribution in [-0.4, -0.2) is 94.3 Å². The fourth-order valence-electron chi connectivity index (χ4n) is 7.99.